The van der Waals surface area contributed by atoms with Gasteiger partial charge in [-0.1, -0.05) is 35.9 Å². The molecule has 2 aromatic rings. The van der Waals surface area contributed by atoms with Gasteiger partial charge >= 0.3 is 6.18 Å². The van der Waals surface area contributed by atoms with Crippen molar-refractivity contribution in [3.63, 3.8) is 0 Å². The minimum absolute atomic E-state index is 0.104. The second-order valence-corrected chi connectivity index (χ2v) is 10.9. The highest BCUT2D eigenvalue weighted by molar-refractivity contribution is 7.88. The third-order valence-electron chi connectivity index (χ3n) is 6.02. The highest BCUT2D eigenvalue weighted by Crippen LogP contribution is 2.41. The van der Waals surface area contributed by atoms with Gasteiger partial charge in [0.1, 0.15) is 17.6 Å². The lowest BCUT2D eigenvalue weighted by Gasteiger charge is -2.33. The first-order valence-corrected chi connectivity index (χ1v) is 13.4. The van der Waals surface area contributed by atoms with E-state index in [1.807, 2.05) is 12.1 Å². The second kappa shape index (κ2) is 10.4. The number of hydrogen-bond donors (Lipinski definition) is 0. The Bertz CT molecular complexity index is 1200. The van der Waals surface area contributed by atoms with Crippen molar-refractivity contribution in [1.29, 1.82) is 0 Å². The topological polar surface area (TPSA) is 59.1 Å². The van der Waals surface area contributed by atoms with Gasteiger partial charge in [-0.05, 0) is 30.7 Å². The van der Waals surface area contributed by atoms with Gasteiger partial charge in [-0.25, -0.2) is 8.42 Å². The normalized spacial score (nSPS) is 19.3. The Kier molecular flexibility index (Phi) is 7.65. The molecule has 1 atom stereocenters. The largest absolute Gasteiger partial charge is 0.493 e. The molecule has 0 aromatic heterocycles. The van der Waals surface area contributed by atoms with E-state index in [1.165, 1.54) is 16.6 Å². The number of sulfonamides is 1. The van der Waals surface area contributed by atoms with Crippen LogP contribution >= 0.6 is 11.6 Å². The summed E-state index contributed by atoms with van der Waals surface area (Å²) in [5.41, 5.74) is 0.465. The molecule has 0 amide bonds. The van der Waals surface area contributed by atoms with Crippen LogP contribution < -0.4 is 9.47 Å². The zero-order chi connectivity index (χ0) is 25.2. The summed E-state index contributed by atoms with van der Waals surface area (Å²) in [5.74, 6) is 0.577. The van der Waals surface area contributed by atoms with Crippen molar-refractivity contribution in [2.24, 2.45) is 0 Å². The first kappa shape index (κ1) is 25.8. The molecule has 35 heavy (non-hydrogen) atoms. The fourth-order valence-electron chi connectivity index (χ4n) is 4.13. The molecule has 0 radical (unpaired) electrons. The van der Waals surface area contributed by atoms with Crippen LogP contribution in [0.15, 0.2) is 42.5 Å². The molecule has 6 nitrogen and oxygen atoms in total. The number of alkyl halides is 3. The Balaban J connectivity index is 1.42. The molecule has 2 aliphatic heterocycles. The molecule has 2 aliphatic rings. The molecule has 0 N–H and O–H groups in total. The van der Waals surface area contributed by atoms with Crippen LogP contribution in [0.2, 0.25) is 5.02 Å². The SMILES string of the molecule is CS(=O)(=O)N1CCN(CCCOc2cc(C(F)(F)F)ccc2C2C=Cc3cccc(Cl)c3O2)CC1. The molecule has 4 rings (SSSR count). The van der Waals surface area contributed by atoms with Crippen LogP contribution in [0, 0.1) is 0 Å². The summed E-state index contributed by atoms with van der Waals surface area (Å²) >= 11 is 6.25. The van der Waals surface area contributed by atoms with Crippen molar-refractivity contribution >= 4 is 27.7 Å². The zero-order valence-corrected chi connectivity index (χ0v) is 20.7. The van der Waals surface area contributed by atoms with E-state index < -0.39 is 27.9 Å². The van der Waals surface area contributed by atoms with Crippen LogP contribution in [-0.2, 0) is 16.2 Å². The fraction of sp³-hybridized carbons (Fsp3) is 0.417. The van der Waals surface area contributed by atoms with Gasteiger partial charge in [0.05, 0.1) is 23.4 Å². The van der Waals surface area contributed by atoms with E-state index in [0.717, 1.165) is 17.7 Å². The summed E-state index contributed by atoms with van der Waals surface area (Å²) in [6.45, 7) is 2.90. The first-order valence-electron chi connectivity index (χ1n) is 11.2. The van der Waals surface area contributed by atoms with Gasteiger partial charge in [0.2, 0.25) is 10.0 Å². The van der Waals surface area contributed by atoms with Crippen LogP contribution in [-0.4, -0.2) is 63.2 Å². The number of hydrogen-bond acceptors (Lipinski definition) is 5. The number of halogens is 4. The van der Waals surface area contributed by atoms with E-state index in [2.05, 4.69) is 4.90 Å². The van der Waals surface area contributed by atoms with Crippen molar-refractivity contribution in [3.8, 4) is 11.5 Å². The lowest BCUT2D eigenvalue weighted by molar-refractivity contribution is -0.137. The van der Waals surface area contributed by atoms with Gasteiger partial charge < -0.3 is 14.4 Å². The number of benzene rings is 2. The number of fused-ring (bicyclic) bond motifs is 1. The third kappa shape index (κ3) is 6.30. The molecular formula is C24H26ClF3N2O4S. The summed E-state index contributed by atoms with van der Waals surface area (Å²) < 4.78 is 76.7. The van der Waals surface area contributed by atoms with Gasteiger partial charge in [-0.3, -0.25) is 0 Å². The predicted octanol–water partition coefficient (Wildman–Crippen LogP) is 4.85. The van der Waals surface area contributed by atoms with E-state index in [-0.39, 0.29) is 12.4 Å². The third-order valence-corrected chi connectivity index (χ3v) is 7.62. The molecule has 1 saturated heterocycles. The lowest BCUT2D eigenvalue weighted by atomic mass is 10.0. The van der Waals surface area contributed by atoms with Crippen molar-refractivity contribution in [2.75, 3.05) is 45.6 Å². The van der Waals surface area contributed by atoms with Crippen molar-refractivity contribution in [3.05, 3.63) is 64.2 Å². The van der Waals surface area contributed by atoms with Gasteiger partial charge in [-0.2, -0.15) is 17.5 Å². The van der Waals surface area contributed by atoms with Crippen LogP contribution in [0.4, 0.5) is 13.2 Å². The van der Waals surface area contributed by atoms with E-state index in [0.29, 0.717) is 55.5 Å². The number of rotatable bonds is 7. The number of ether oxygens (including phenoxy) is 2. The van der Waals surface area contributed by atoms with Crippen LogP contribution in [0.3, 0.4) is 0 Å². The number of piperazine rings is 1. The van der Waals surface area contributed by atoms with E-state index >= 15 is 0 Å². The van der Waals surface area contributed by atoms with E-state index in [4.69, 9.17) is 21.1 Å². The molecule has 1 unspecified atom stereocenters. The summed E-state index contributed by atoms with van der Waals surface area (Å²) in [5, 5.41) is 0.419. The number of para-hydroxylation sites is 1. The van der Waals surface area contributed by atoms with Crippen molar-refractivity contribution in [2.45, 2.75) is 18.7 Å². The maximum Gasteiger partial charge on any atom is 0.416 e. The molecule has 11 heteroatoms. The van der Waals surface area contributed by atoms with Gasteiger partial charge in [0.25, 0.3) is 0 Å². The molecule has 2 heterocycles. The maximum absolute atomic E-state index is 13.4. The summed E-state index contributed by atoms with van der Waals surface area (Å²) in [7, 11) is -3.20. The van der Waals surface area contributed by atoms with Crippen LogP contribution in [0.1, 0.15) is 29.2 Å². The molecular weight excluding hydrogens is 505 g/mol. The molecule has 0 spiro atoms. The van der Waals surface area contributed by atoms with Gasteiger partial charge in [-0.15, -0.1) is 0 Å². The highest BCUT2D eigenvalue weighted by atomic mass is 35.5. The van der Waals surface area contributed by atoms with Gasteiger partial charge in [0, 0.05) is 43.9 Å². The quantitative estimate of drug-likeness (QED) is 0.479. The van der Waals surface area contributed by atoms with E-state index in [9.17, 15) is 21.6 Å². The maximum atomic E-state index is 13.4. The predicted molar refractivity (Wildman–Crippen MR) is 128 cm³/mol. The molecule has 1 fully saturated rings. The van der Waals surface area contributed by atoms with E-state index in [1.54, 1.807) is 18.2 Å². The second-order valence-electron chi connectivity index (χ2n) is 8.51. The monoisotopic (exact) mass is 530 g/mol. The molecule has 2 aromatic carbocycles. The Morgan fingerprint density at radius 2 is 1.89 bits per heavy atom. The summed E-state index contributed by atoms with van der Waals surface area (Å²) in [6, 6.07) is 8.72. The molecule has 0 aliphatic carbocycles. The fourth-order valence-corrected chi connectivity index (χ4v) is 5.18. The molecule has 190 valence electrons. The standard InChI is InChI=1S/C24H26ClF3N2O4S/c1-35(31,32)30-13-11-29(12-14-30)10-3-15-33-22-16-18(24(26,27)28)7-8-19(22)21-9-6-17-4-2-5-20(25)23(17)34-21/h2,4-9,16,21H,3,10-15H2,1H3. The molecule has 0 bridgehead atoms. The first-order chi connectivity index (χ1) is 16.5. The Morgan fingerprint density at radius 3 is 2.57 bits per heavy atom. The highest BCUT2D eigenvalue weighted by Gasteiger charge is 2.32. The zero-order valence-electron chi connectivity index (χ0n) is 19.1. The Labute approximate surface area is 207 Å². The minimum Gasteiger partial charge on any atom is -0.493 e. The number of nitrogens with zero attached hydrogens (tertiary/aromatic N) is 2. The van der Waals surface area contributed by atoms with Gasteiger partial charge in [0.15, 0.2) is 0 Å². The Morgan fingerprint density at radius 1 is 1.14 bits per heavy atom. The van der Waals surface area contributed by atoms with Crippen molar-refractivity contribution in [1.82, 2.24) is 9.21 Å². The average Bonchev–Trinajstić information content (AvgIpc) is 2.81. The van der Waals surface area contributed by atoms with Crippen molar-refractivity contribution < 1.29 is 31.1 Å². The lowest BCUT2D eigenvalue weighted by Crippen LogP contribution is -2.48. The average molecular weight is 531 g/mol. The smallest absolute Gasteiger partial charge is 0.416 e. The van der Waals surface area contributed by atoms with Crippen LogP contribution in [0.5, 0.6) is 11.5 Å². The summed E-state index contributed by atoms with van der Waals surface area (Å²) in [6.07, 6.45) is 0.201. The van der Waals surface area contributed by atoms with Crippen LogP contribution in [0.25, 0.3) is 6.08 Å². The minimum atomic E-state index is -4.50. The summed E-state index contributed by atoms with van der Waals surface area (Å²) in [4.78, 5) is 2.12. The molecule has 0 saturated carbocycles. The Hall–Kier alpha value is -2.27.